The van der Waals surface area contributed by atoms with Gasteiger partial charge in [0.25, 0.3) is 11.8 Å². The van der Waals surface area contributed by atoms with Crippen molar-refractivity contribution in [2.24, 2.45) is 0 Å². The average Bonchev–Trinajstić information content (AvgIpc) is 3.14. The van der Waals surface area contributed by atoms with Gasteiger partial charge in [-0.05, 0) is 37.6 Å². The standard InChI is InChI=1S/C23H19FN2O4/c1-3-11-26-21(28)20-18(19(27)14-12-13(24)9-10-17(14)30-20)23(26)15-7-5-6-8-16(15)25(4-2)22(23)29/h5-10,12H,3-4,11H2,1-2H3. The van der Waals surface area contributed by atoms with Gasteiger partial charge >= 0.3 is 0 Å². The molecule has 1 spiro atoms. The number of benzene rings is 2. The third-order valence-electron chi connectivity index (χ3n) is 5.96. The van der Waals surface area contributed by atoms with Crippen molar-refractivity contribution < 1.29 is 18.4 Å². The first kappa shape index (κ1) is 18.5. The van der Waals surface area contributed by atoms with Crippen LogP contribution in [0, 0.1) is 5.82 Å². The summed E-state index contributed by atoms with van der Waals surface area (Å²) in [5.41, 5.74) is -0.832. The highest BCUT2D eigenvalue weighted by molar-refractivity contribution is 6.17. The lowest BCUT2D eigenvalue weighted by molar-refractivity contribution is -0.126. The number of amides is 2. The molecule has 2 aliphatic heterocycles. The van der Waals surface area contributed by atoms with Crippen LogP contribution in [0.4, 0.5) is 10.1 Å². The Morgan fingerprint density at radius 2 is 1.83 bits per heavy atom. The summed E-state index contributed by atoms with van der Waals surface area (Å²) in [7, 11) is 0. The lowest BCUT2D eigenvalue weighted by atomic mass is 9.84. The predicted molar refractivity (Wildman–Crippen MR) is 109 cm³/mol. The molecule has 0 fully saturated rings. The first-order valence-corrected chi connectivity index (χ1v) is 9.97. The van der Waals surface area contributed by atoms with Crippen LogP contribution in [0.5, 0.6) is 0 Å². The van der Waals surface area contributed by atoms with E-state index in [0.29, 0.717) is 24.2 Å². The Bertz CT molecular complexity index is 1300. The minimum absolute atomic E-state index is 0.0134. The maximum Gasteiger partial charge on any atom is 0.291 e. The van der Waals surface area contributed by atoms with Crippen LogP contribution in [0.1, 0.15) is 41.9 Å². The average molecular weight is 406 g/mol. The molecular weight excluding hydrogens is 387 g/mol. The molecule has 0 radical (unpaired) electrons. The Morgan fingerprint density at radius 3 is 2.57 bits per heavy atom. The van der Waals surface area contributed by atoms with Crippen LogP contribution in [0.2, 0.25) is 0 Å². The Kier molecular flexibility index (Phi) is 3.87. The van der Waals surface area contributed by atoms with Gasteiger partial charge in [-0.2, -0.15) is 0 Å². The maximum absolute atomic E-state index is 13.9. The highest BCUT2D eigenvalue weighted by Crippen LogP contribution is 2.52. The van der Waals surface area contributed by atoms with Gasteiger partial charge in [-0.25, -0.2) is 4.39 Å². The van der Waals surface area contributed by atoms with Gasteiger partial charge in [-0.1, -0.05) is 25.1 Å². The molecule has 2 aromatic carbocycles. The number of likely N-dealkylation sites (N-methyl/N-ethyl adjacent to an activating group) is 1. The number of hydrogen-bond acceptors (Lipinski definition) is 4. The molecular formula is C23H19FN2O4. The van der Waals surface area contributed by atoms with E-state index in [1.54, 1.807) is 23.1 Å². The largest absolute Gasteiger partial charge is 0.450 e. The summed E-state index contributed by atoms with van der Waals surface area (Å²) < 4.78 is 19.7. The number of hydrogen-bond donors (Lipinski definition) is 0. The molecule has 1 atom stereocenters. The number of carbonyl (C=O) groups is 2. The van der Waals surface area contributed by atoms with Gasteiger partial charge in [-0.15, -0.1) is 0 Å². The van der Waals surface area contributed by atoms with Crippen molar-refractivity contribution in [2.45, 2.75) is 25.8 Å². The smallest absolute Gasteiger partial charge is 0.291 e. The number of para-hydroxylation sites is 1. The Balaban J connectivity index is 1.95. The zero-order valence-corrected chi connectivity index (χ0v) is 16.6. The predicted octanol–water partition coefficient (Wildman–Crippen LogP) is 3.41. The zero-order valence-electron chi connectivity index (χ0n) is 16.6. The molecule has 1 unspecified atom stereocenters. The summed E-state index contributed by atoms with van der Waals surface area (Å²) in [5, 5.41) is 0.0134. The second-order valence-electron chi connectivity index (χ2n) is 7.51. The monoisotopic (exact) mass is 406 g/mol. The summed E-state index contributed by atoms with van der Waals surface area (Å²) in [6.45, 7) is 4.39. The maximum atomic E-state index is 13.9. The number of rotatable bonds is 3. The SMILES string of the molecule is CCCN1C(=O)c2oc3ccc(F)cc3c(=O)c2C12C(=O)N(CC)c1ccccc12. The number of anilines is 1. The van der Waals surface area contributed by atoms with Crippen molar-refractivity contribution in [2.75, 3.05) is 18.0 Å². The van der Waals surface area contributed by atoms with Crippen molar-refractivity contribution in [1.82, 2.24) is 4.90 Å². The summed E-state index contributed by atoms with van der Waals surface area (Å²) in [6, 6.07) is 10.8. The minimum atomic E-state index is -1.60. The first-order valence-electron chi connectivity index (χ1n) is 9.97. The number of fused-ring (bicyclic) bond motifs is 5. The van der Waals surface area contributed by atoms with E-state index in [1.807, 2.05) is 19.9 Å². The lowest BCUT2D eigenvalue weighted by Crippen LogP contribution is -2.53. The molecule has 152 valence electrons. The van der Waals surface area contributed by atoms with Crippen LogP contribution < -0.4 is 10.3 Å². The molecule has 3 aromatic rings. The second kappa shape index (κ2) is 6.26. The van der Waals surface area contributed by atoms with Crippen molar-refractivity contribution in [3.63, 3.8) is 0 Å². The molecule has 7 heteroatoms. The molecule has 0 bridgehead atoms. The van der Waals surface area contributed by atoms with Gasteiger partial charge in [0.15, 0.2) is 11.0 Å². The summed E-state index contributed by atoms with van der Waals surface area (Å²) in [6.07, 6.45) is 0.589. The van der Waals surface area contributed by atoms with Crippen LogP contribution in [0.15, 0.2) is 51.7 Å². The molecule has 2 amide bonds. The molecule has 0 saturated heterocycles. The van der Waals surface area contributed by atoms with Crippen LogP contribution in [-0.2, 0) is 10.3 Å². The first-order chi connectivity index (χ1) is 14.5. The van der Waals surface area contributed by atoms with E-state index in [0.717, 1.165) is 6.07 Å². The molecule has 30 heavy (non-hydrogen) atoms. The summed E-state index contributed by atoms with van der Waals surface area (Å²) in [5.74, 6) is -1.60. The van der Waals surface area contributed by atoms with E-state index in [9.17, 15) is 18.8 Å². The van der Waals surface area contributed by atoms with E-state index in [-0.39, 0.29) is 34.7 Å². The highest BCUT2D eigenvalue weighted by Gasteiger charge is 2.64. The molecule has 0 aliphatic carbocycles. The zero-order chi connectivity index (χ0) is 21.2. The quantitative estimate of drug-likeness (QED) is 0.668. The van der Waals surface area contributed by atoms with Gasteiger partial charge in [0.2, 0.25) is 5.76 Å². The highest BCUT2D eigenvalue weighted by atomic mass is 19.1. The summed E-state index contributed by atoms with van der Waals surface area (Å²) >= 11 is 0. The van der Waals surface area contributed by atoms with Crippen LogP contribution in [-0.4, -0.2) is 29.8 Å². The van der Waals surface area contributed by atoms with E-state index in [2.05, 4.69) is 0 Å². The van der Waals surface area contributed by atoms with Crippen molar-refractivity contribution in [3.8, 4) is 0 Å². The Morgan fingerprint density at radius 1 is 1.07 bits per heavy atom. The van der Waals surface area contributed by atoms with Crippen molar-refractivity contribution in [3.05, 3.63) is 75.4 Å². The van der Waals surface area contributed by atoms with Crippen molar-refractivity contribution >= 4 is 28.5 Å². The summed E-state index contributed by atoms with van der Waals surface area (Å²) in [4.78, 5) is 43.9. The molecule has 2 aliphatic rings. The molecule has 6 nitrogen and oxygen atoms in total. The topological polar surface area (TPSA) is 70.8 Å². The van der Waals surface area contributed by atoms with Gasteiger partial charge in [0.1, 0.15) is 11.4 Å². The van der Waals surface area contributed by atoms with E-state index < -0.39 is 22.7 Å². The van der Waals surface area contributed by atoms with Crippen LogP contribution in [0.3, 0.4) is 0 Å². The second-order valence-corrected chi connectivity index (χ2v) is 7.51. The van der Waals surface area contributed by atoms with E-state index in [1.165, 1.54) is 17.0 Å². The third kappa shape index (κ3) is 2.04. The number of carbonyl (C=O) groups excluding carboxylic acids is 2. The fourth-order valence-electron chi connectivity index (χ4n) is 4.80. The molecule has 0 N–H and O–H groups in total. The van der Waals surface area contributed by atoms with E-state index >= 15 is 0 Å². The fourth-order valence-corrected chi connectivity index (χ4v) is 4.80. The van der Waals surface area contributed by atoms with Gasteiger partial charge < -0.3 is 14.2 Å². The lowest BCUT2D eigenvalue weighted by Gasteiger charge is -2.34. The van der Waals surface area contributed by atoms with Crippen LogP contribution in [0.25, 0.3) is 11.0 Å². The van der Waals surface area contributed by atoms with Crippen LogP contribution >= 0.6 is 0 Å². The fraction of sp³-hybridized carbons (Fsp3) is 0.261. The molecule has 5 rings (SSSR count). The normalized spacial score (nSPS) is 19.8. The number of nitrogens with zero attached hydrogens (tertiary/aromatic N) is 2. The third-order valence-corrected chi connectivity index (χ3v) is 5.96. The van der Waals surface area contributed by atoms with E-state index in [4.69, 9.17) is 4.42 Å². The number of halogens is 1. The van der Waals surface area contributed by atoms with Crippen molar-refractivity contribution in [1.29, 1.82) is 0 Å². The molecule has 0 saturated carbocycles. The van der Waals surface area contributed by atoms with Gasteiger partial charge in [-0.3, -0.25) is 14.4 Å². The Hall–Kier alpha value is -3.48. The Labute approximate surface area is 171 Å². The molecule has 1 aromatic heterocycles. The minimum Gasteiger partial charge on any atom is -0.450 e. The molecule has 3 heterocycles. The van der Waals surface area contributed by atoms with Gasteiger partial charge in [0, 0.05) is 18.7 Å². The van der Waals surface area contributed by atoms with Gasteiger partial charge in [0.05, 0.1) is 16.6 Å².